The van der Waals surface area contributed by atoms with Crippen molar-refractivity contribution in [2.75, 3.05) is 6.54 Å². The van der Waals surface area contributed by atoms with Gasteiger partial charge in [0, 0.05) is 18.0 Å². The van der Waals surface area contributed by atoms with Gasteiger partial charge in [-0.05, 0) is 24.3 Å². The molecule has 22 heavy (non-hydrogen) atoms. The molecule has 3 rings (SSSR count). The fourth-order valence-corrected chi connectivity index (χ4v) is 3.17. The Bertz CT molecular complexity index is 736. The van der Waals surface area contributed by atoms with Crippen LogP contribution >= 0.6 is 22.9 Å². The Morgan fingerprint density at radius 2 is 2.23 bits per heavy atom. The zero-order valence-electron chi connectivity index (χ0n) is 11.7. The van der Waals surface area contributed by atoms with Gasteiger partial charge in [0.05, 0.1) is 17.1 Å². The highest BCUT2D eigenvalue weighted by Crippen LogP contribution is 2.23. The van der Waals surface area contributed by atoms with Crippen LogP contribution in [0.15, 0.2) is 52.1 Å². The van der Waals surface area contributed by atoms with Gasteiger partial charge in [0.25, 0.3) is 0 Å². The molecule has 0 N–H and O–H groups in total. The molecule has 0 amide bonds. The van der Waals surface area contributed by atoms with Gasteiger partial charge in [0.2, 0.25) is 11.7 Å². The highest BCUT2D eigenvalue weighted by atomic mass is 35.5. The normalized spacial score (nSPS) is 11.2. The van der Waals surface area contributed by atoms with Crippen molar-refractivity contribution in [1.29, 1.82) is 0 Å². The molecule has 7 heteroatoms. The molecule has 0 saturated heterocycles. The molecule has 3 aromatic rings. The first kappa shape index (κ1) is 15.0. The summed E-state index contributed by atoms with van der Waals surface area (Å²) in [6, 6.07) is 7.50. The van der Waals surface area contributed by atoms with Crippen LogP contribution in [-0.4, -0.2) is 21.6 Å². The van der Waals surface area contributed by atoms with Crippen molar-refractivity contribution < 1.29 is 8.94 Å². The van der Waals surface area contributed by atoms with Gasteiger partial charge in [-0.25, -0.2) is 0 Å². The highest BCUT2D eigenvalue weighted by Gasteiger charge is 2.14. The van der Waals surface area contributed by atoms with Crippen molar-refractivity contribution in [3.63, 3.8) is 0 Å². The van der Waals surface area contributed by atoms with Crippen LogP contribution < -0.4 is 0 Å². The van der Waals surface area contributed by atoms with Gasteiger partial charge in [-0.3, -0.25) is 4.90 Å². The number of thiophene rings is 1. The zero-order valence-corrected chi connectivity index (χ0v) is 13.3. The molecule has 3 heterocycles. The summed E-state index contributed by atoms with van der Waals surface area (Å²) in [6.07, 6.45) is 3.43. The van der Waals surface area contributed by atoms with Crippen LogP contribution in [0.4, 0.5) is 0 Å². The van der Waals surface area contributed by atoms with Crippen molar-refractivity contribution in [2.45, 2.75) is 13.1 Å². The molecule has 0 bridgehead atoms. The summed E-state index contributed by atoms with van der Waals surface area (Å²) in [5, 5.41) is 3.93. The van der Waals surface area contributed by atoms with Gasteiger partial charge in [-0.15, -0.1) is 17.9 Å². The van der Waals surface area contributed by atoms with Crippen molar-refractivity contribution in [3.05, 3.63) is 58.3 Å². The lowest BCUT2D eigenvalue weighted by molar-refractivity contribution is 0.241. The SMILES string of the molecule is C=CCN(Cc1nc(-c2ccco2)no1)Cc1ccc(Cl)s1. The average Bonchev–Trinajstić information content (AvgIpc) is 3.20. The van der Waals surface area contributed by atoms with Crippen molar-refractivity contribution in [3.8, 4) is 11.6 Å². The van der Waals surface area contributed by atoms with E-state index < -0.39 is 0 Å². The molecular weight excluding hydrogens is 322 g/mol. The minimum Gasteiger partial charge on any atom is -0.461 e. The van der Waals surface area contributed by atoms with Crippen LogP contribution in [0.1, 0.15) is 10.8 Å². The smallest absolute Gasteiger partial charge is 0.241 e. The number of hydrogen-bond acceptors (Lipinski definition) is 6. The predicted octanol–water partition coefficient (Wildman–Crippen LogP) is 4.23. The van der Waals surface area contributed by atoms with Crippen LogP contribution in [0.25, 0.3) is 11.6 Å². The summed E-state index contributed by atoms with van der Waals surface area (Å²) in [6.45, 7) is 5.79. The Kier molecular flexibility index (Phi) is 4.72. The lowest BCUT2D eigenvalue weighted by Gasteiger charge is -2.17. The van der Waals surface area contributed by atoms with Gasteiger partial charge in [-0.1, -0.05) is 22.8 Å². The van der Waals surface area contributed by atoms with E-state index in [4.69, 9.17) is 20.5 Å². The molecule has 0 aliphatic heterocycles. The molecule has 0 unspecified atom stereocenters. The fraction of sp³-hybridized carbons (Fsp3) is 0.200. The lowest BCUT2D eigenvalue weighted by atomic mass is 10.4. The molecule has 0 saturated carbocycles. The second kappa shape index (κ2) is 6.91. The largest absolute Gasteiger partial charge is 0.461 e. The summed E-state index contributed by atoms with van der Waals surface area (Å²) in [5.41, 5.74) is 0. The summed E-state index contributed by atoms with van der Waals surface area (Å²) < 4.78 is 11.3. The lowest BCUT2D eigenvalue weighted by Crippen LogP contribution is -2.22. The summed E-state index contributed by atoms with van der Waals surface area (Å²) >= 11 is 7.53. The zero-order chi connectivity index (χ0) is 15.4. The first-order chi connectivity index (χ1) is 10.7. The first-order valence-corrected chi connectivity index (χ1v) is 7.88. The molecular formula is C15H14ClN3O2S. The van der Waals surface area contributed by atoms with Crippen molar-refractivity contribution in [1.82, 2.24) is 15.0 Å². The van der Waals surface area contributed by atoms with E-state index in [0.717, 1.165) is 10.9 Å². The van der Waals surface area contributed by atoms with E-state index >= 15 is 0 Å². The maximum atomic E-state index is 5.97. The molecule has 114 valence electrons. The Balaban J connectivity index is 1.69. The molecule has 0 atom stereocenters. The van der Waals surface area contributed by atoms with Crippen LogP contribution in [0, 0.1) is 0 Å². The maximum Gasteiger partial charge on any atom is 0.241 e. The van der Waals surface area contributed by atoms with Crippen LogP contribution in [-0.2, 0) is 13.1 Å². The average molecular weight is 336 g/mol. The number of furan rings is 1. The molecule has 0 aromatic carbocycles. The second-order valence-corrected chi connectivity index (χ2v) is 6.45. The van der Waals surface area contributed by atoms with E-state index in [1.165, 1.54) is 4.88 Å². The molecule has 0 fully saturated rings. The van der Waals surface area contributed by atoms with E-state index in [9.17, 15) is 0 Å². The summed E-state index contributed by atoms with van der Waals surface area (Å²) in [5.74, 6) is 1.59. The number of nitrogens with zero attached hydrogens (tertiary/aromatic N) is 3. The van der Waals surface area contributed by atoms with Crippen LogP contribution in [0.3, 0.4) is 0 Å². The second-order valence-electron chi connectivity index (χ2n) is 4.65. The van der Waals surface area contributed by atoms with Gasteiger partial charge >= 0.3 is 0 Å². The van der Waals surface area contributed by atoms with Gasteiger partial charge in [-0.2, -0.15) is 4.98 Å². The van der Waals surface area contributed by atoms with Gasteiger partial charge < -0.3 is 8.94 Å². The van der Waals surface area contributed by atoms with Gasteiger partial charge in [0.15, 0.2) is 5.76 Å². The Hall–Kier alpha value is -1.89. The van der Waals surface area contributed by atoms with Crippen molar-refractivity contribution >= 4 is 22.9 Å². The fourth-order valence-electron chi connectivity index (χ4n) is 2.04. The maximum absolute atomic E-state index is 5.97. The topological polar surface area (TPSA) is 55.3 Å². The molecule has 0 spiro atoms. The molecule has 0 radical (unpaired) electrons. The predicted molar refractivity (Wildman–Crippen MR) is 85.6 cm³/mol. The Morgan fingerprint density at radius 1 is 1.32 bits per heavy atom. The van der Waals surface area contributed by atoms with E-state index in [1.54, 1.807) is 29.7 Å². The van der Waals surface area contributed by atoms with Gasteiger partial charge in [0.1, 0.15) is 0 Å². The van der Waals surface area contributed by atoms with Crippen LogP contribution in [0.5, 0.6) is 0 Å². The monoisotopic (exact) mass is 335 g/mol. The summed E-state index contributed by atoms with van der Waals surface area (Å²) in [7, 11) is 0. The highest BCUT2D eigenvalue weighted by molar-refractivity contribution is 7.16. The minimum absolute atomic E-state index is 0.456. The third-order valence-corrected chi connectivity index (χ3v) is 4.18. The number of halogens is 1. The van der Waals surface area contributed by atoms with E-state index in [0.29, 0.717) is 30.6 Å². The third-order valence-electron chi connectivity index (χ3n) is 2.96. The quantitative estimate of drug-likeness (QED) is 0.605. The number of hydrogen-bond donors (Lipinski definition) is 0. The van der Waals surface area contributed by atoms with E-state index in [-0.39, 0.29) is 0 Å². The van der Waals surface area contributed by atoms with Crippen molar-refractivity contribution in [2.24, 2.45) is 0 Å². The number of aromatic nitrogens is 2. The van der Waals surface area contributed by atoms with E-state index in [1.807, 2.05) is 18.2 Å². The molecule has 0 aliphatic carbocycles. The molecule has 3 aromatic heterocycles. The molecule has 0 aliphatic rings. The molecule has 5 nitrogen and oxygen atoms in total. The van der Waals surface area contributed by atoms with E-state index in [2.05, 4.69) is 21.6 Å². The third kappa shape index (κ3) is 3.65. The standard InChI is InChI=1S/C15H14ClN3O2S/c1-2-7-19(9-11-5-6-13(16)22-11)10-14-17-15(18-21-14)12-4-3-8-20-12/h2-6,8H,1,7,9-10H2. The minimum atomic E-state index is 0.456. The Labute approximate surface area is 136 Å². The Morgan fingerprint density at radius 3 is 2.91 bits per heavy atom. The summed E-state index contributed by atoms with van der Waals surface area (Å²) in [4.78, 5) is 7.68. The first-order valence-electron chi connectivity index (χ1n) is 6.68. The number of rotatable bonds is 7. The van der Waals surface area contributed by atoms with Crippen LogP contribution in [0.2, 0.25) is 4.34 Å².